The third-order valence-corrected chi connectivity index (χ3v) is 3.94. The van der Waals surface area contributed by atoms with Crippen LogP contribution in [0.15, 0.2) is 29.6 Å². The molecule has 1 heterocycles. The second kappa shape index (κ2) is 5.59. The van der Waals surface area contributed by atoms with Crippen molar-refractivity contribution in [2.45, 2.75) is 19.9 Å². The fourth-order valence-electron chi connectivity index (χ4n) is 2.00. The minimum atomic E-state index is -0.506. The maximum absolute atomic E-state index is 13.9. The highest BCUT2D eigenvalue weighted by molar-refractivity contribution is 7.10. The predicted molar refractivity (Wildman–Crippen MR) is 70.9 cm³/mol. The molecule has 0 saturated carbocycles. The van der Waals surface area contributed by atoms with Crippen molar-refractivity contribution in [2.75, 3.05) is 6.54 Å². The molecule has 2 aromatic rings. The minimum absolute atomic E-state index is 0.102. The molecule has 0 aliphatic carbocycles. The first-order valence-electron chi connectivity index (χ1n) is 5.86. The average molecular weight is 267 g/mol. The lowest BCUT2D eigenvalue weighted by atomic mass is 10.0. The summed E-state index contributed by atoms with van der Waals surface area (Å²) in [6, 6.07) is 5.52. The number of hydrogen-bond acceptors (Lipinski definition) is 2. The van der Waals surface area contributed by atoms with Gasteiger partial charge in [0.05, 0.1) is 6.04 Å². The monoisotopic (exact) mass is 267 g/mol. The molecular weight excluding hydrogens is 252 g/mol. The normalized spacial score (nSPS) is 12.7. The van der Waals surface area contributed by atoms with Gasteiger partial charge in [-0.15, -0.1) is 11.3 Å². The van der Waals surface area contributed by atoms with Gasteiger partial charge in [-0.2, -0.15) is 0 Å². The van der Waals surface area contributed by atoms with E-state index in [1.165, 1.54) is 29.5 Å². The quantitative estimate of drug-likeness (QED) is 0.881. The molecule has 1 unspecified atom stereocenters. The molecule has 0 radical (unpaired) electrons. The predicted octanol–water partition coefficient (Wildman–Crippen LogP) is 4.03. The van der Waals surface area contributed by atoms with Gasteiger partial charge in [0.1, 0.15) is 11.6 Å². The van der Waals surface area contributed by atoms with E-state index in [9.17, 15) is 8.78 Å². The Morgan fingerprint density at radius 3 is 2.39 bits per heavy atom. The molecule has 0 bridgehead atoms. The minimum Gasteiger partial charge on any atom is -0.306 e. The number of benzene rings is 1. The summed E-state index contributed by atoms with van der Waals surface area (Å²) < 4.78 is 27.7. The molecular formula is C14H15F2NS. The van der Waals surface area contributed by atoms with Gasteiger partial charge in [0.25, 0.3) is 0 Å². The van der Waals surface area contributed by atoms with Gasteiger partial charge in [-0.1, -0.05) is 13.0 Å². The van der Waals surface area contributed by atoms with Crippen molar-refractivity contribution in [3.8, 4) is 0 Å². The molecule has 0 fully saturated rings. The first-order chi connectivity index (χ1) is 8.65. The molecule has 1 aromatic carbocycles. The maximum atomic E-state index is 13.9. The van der Waals surface area contributed by atoms with Gasteiger partial charge < -0.3 is 5.32 Å². The SMILES string of the molecule is CCNC(c1sccc1C)c1c(F)cccc1F. The smallest absolute Gasteiger partial charge is 0.131 e. The van der Waals surface area contributed by atoms with Crippen LogP contribution < -0.4 is 5.32 Å². The third kappa shape index (κ3) is 2.44. The Balaban J connectivity index is 2.52. The van der Waals surface area contributed by atoms with Crippen molar-refractivity contribution in [1.29, 1.82) is 0 Å². The second-order valence-corrected chi connectivity index (χ2v) is 5.04. The van der Waals surface area contributed by atoms with E-state index >= 15 is 0 Å². The highest BCUT2D eigenvalue weighted by atomic mass is 32.1. The molecule has 96 valence electrons. The van der Waals surface area contributed by atoms with Crippen molar-refractivity contribution in [2.24, 2.45) is 0 Å². The van der Waals surface area contributed by atoms with Crippen LogP contribution in [0.3, 0.4) is 0 Å². The van der Waals surface area contributed by atoms with Gasteiger partial charge in [0.15, 0.2) is 0 Å². The maximum Gasteiger partial charge on any atom is 0.131 e. The van der Waals surface area contributed by atoms with Gasteiger partial charge in [0, 0.05) is 10.4 Å². The van der Waals surface area contributed by atoms with E-state index in [-0.39, 0.29) is 5.56 Å². The van der Waals surface area contributed by atoms with Crippen LogP contribution in [0, 0.1) is 18.6 Å². The molecule has 0 saturated heterocycles. The summed E-state index contributed by atoms with van der Waals surface area (Å²) in [5, 5.41) is 5.09. The van der Waals surface area contributed by atoms with Gasteiger partial charge >= 0.3 is 0 Å². The number of hydrogen-bond donors (Lipinski definition) is 1. The number of halogens is 2. The molecule has 1 nitrogen and oxygen atoms in total. The molecule has 2 rings (SSSR count). The molecule has 1 atom stereocenters. The molecule has 0 amide bonds. The van der Waals surface area contributed by atoms with Crippen LogP contribution in [0.1, 0.15) is 29.0 Å². The van der Waals surface area contributed by atoms with Gasteiger partial charge in [0.2, 0.25) is 0 Å². The Kier molecular flexibility index (Phi) is 4.09. The summed E-state index contributed by atoms with van der Waals surface area (Å²) in [4.78, 5) is 0.959. The van der Waals surface area contributed by atoms with Crippen LogP contribution in [0.5, 0.6) is 0 Å². The lowest BCUT2D eigenvalue weighted by Crippen LogP contribution is -2.23. The van der Waals surface area contributed by atoms with E-state index in [0.717, 1.165) is 10.4 Å². The average Bonchev–Trinajstić information content (AvgIpc) is 2.74. The zero-order valence-corrected chi connectivity index (χ0v) is 11.2. The van der Waals surface area contributed by atoms with Crippen molar-refractivity contribution in [3.05, 3.63) is 57.3 Å². The summed E-state index contributed by atoms with van der Waals surface area (Å²) in [5.74, 6) is -1.01. The molecule has 4 heteroatoms. The third-order valence-electron chi connectivity index (χ3n) is 2.86. The van der Waals surface area contributed by atoms with Crippen LogP contribution in [0.4, 0.5) is 8.78 Å². The Morgan fingerprint density at radius 2 is 1.89 bits per heavy atom. The Bertz CT molecular complexity index is 516. The highest BCUT2D eigenvalue weighted by Crippen LogP contribution is 2.32. The Morgan fingerprint density at radius 1 is 1.22 bits per heavy atom. The fourth-order valence-corrected chi connectivity index (χ4v) is 3.01. The van der Waals surface area contributed by atoms with Gasteiger partial charge in [-0.05, 0) is 42.6 Å². The molecule has 0 aliphatic rings. The summed E-state index contributed by atoms with van der Waals surface area (Å²) in [6.07, 6.45) is 0. The Hall–Kier alpha value is -1.26. The highest BCUT2D eigenvalue weighted by Gasteiger charge is 2.23. The standard InChI is InChI=1S/C14H15F2NS/c1-3-17-13(14-9(2)7-8-18-14)12-10(15)5-4-6-11(12)16/h4-8,13,17H,3H2,1-2H3. The lowest BCUT2D eigenvalue weighted by molar-refractivity contribution is 0.513. The van der Waals surface area contributed by atoms with Crippen LogP contribution in [-0.4, -0.2) is 6.54 Å². The van der Waals surface area contributed by atoms with Crippen LogP contribution >= 0.6 is 11.3 Å². The molecule has 0 spiro atoms. The zero-order chi connectivity index (χ0) is 13.1. The number of aryl methyl sites for hydroxylation is 1. The molecule has 18 heavy (non-hydrogen) atoms. The largest absolute Gasteiger partial charge is 0.306 e. The van der Waals surface area contributed by atoms with E-state index < -0.39 is 17.7 Å². The lowest BCUT2D eigenvalue weighted by Gasteiger charge is -2.19. The van der Waals surface area contributed by atoms with E-state index in [2.05, 4.69) is 5.32 Å². The van der Waals surface area contributed by atoms with Crippen LogP contribution in [0.2, 0.25) is 0 Å². The summed E-state index contributed by atoms with van der Waals surface area (Å²) in [7, 11) is 0. The van der Waals surface area contributed by atoms with Crippen molar-refractivity contribution < 1.29 is 8.78 Å². The molecule has 1 aromatic heterocycles. The summed E-state index contributed by atoms with van der Waals surface area (Å²) in [6.45, 7) is 4.53. The zero-order valence-electron chi connectivity index (χ0n) is 10.3. The molecule has 0 aliphatic heterocycles. The van der Waals surface area contributed by atoms with E-state index in [4.69, 9.17) is 0 Å². The van der Waals surface area contributed by atoms with Crippen molar-refractivity contribution in [1.82, 2.24) is 5.32 Å². The topological polar surface area (TPSA) is 12.0 Å². The van der Waals surface area contributed by atoms with Crippen molar-refractivity contribution in [3.63, 3.8) is 0 Å². The van der Waals surface area contributed by atoms with E-state index in [0.29, 0.717) is 6.54 Å². The van der Waals surface area contributed by atoms with Crippen LogP contribution in [0.25, 0.3) is 0 Å². The number of rotatable bonds is 4. The summed E-state index contributed by atoms with van der Waals surface area (Å²) in [5.41, 5.74) is 1.15. The Labute approximate surface area is 109 Å². The first kappa shape index (κ1) is 13.2. The first-order valence-corrected chi connectivity index (χ1v) is 6.74. The number of thiophene rings is 1. The summed E-state index contributed by atoms with van der Waals surface area (Å²) >= 11 is 1.51. The fraction of sp³-hybridized carbons (Fsp3) is 0.286. The molecule has 1 N–H and O–H groups in total. The van der Waals surface area contributed by atoms with Crippen molar-refractivity contribution >= 4 is 11.3 Å². The van der Waals surface area contributed by atoms with E-state index in [1.807, 2.05) is 25.3 Å². The van der Waals surface area contributed by atoms with Gasteiger partial charge in [-0.3, -0.25) is 0 Å². The van der Waals surface area contributed by atoms with E-state index in [1.54, 1.807) is 0 Å². The second-order valence-electron chi connectivity index (χ2n) is 4.09. The van der Waals surface area contributed by atoms with Gasteiger partial charge in [-0.25, -0.2) is 8.78 Å². The number of nitrogens with one attached hydrogen (secondary N) is 1. The van der Waals surface area contributed by atoms with Crippen LogP contribution in [-0.2, 0) is 0 Å².